The molecule has 3 nitrogen and oxygen atoms in total. The van der Waals surface area contributed by atoms with Crippen molar-refractivity contribution in [3.63, 3.8) is 0 Å². The Bertz CT molecular complexity index is 226. The first-order valence-corrected chi connectivity index (χ1v) is 7.05. The molecule has 1 aliphatic carbocycles. The second-order valence-electron chi connectivity index (χ2n) is 5.77. The van der Waals surface area contributed by atoms with Crippen LogP contribution in [0.2, 0.25) is 0 Å². The number of nitrogens with two attached hydrogens (primary N) is 1. The number of aliphatic carboxylic acids is 1. The minimum atomic E-state index is -0.783. The number of unbranched alkanes of at least 4 members (excludes halogenated alkanes) is 1. The second kappa shape index (κ2) is 7.70. The van der Waals surface area contributed by atoms with Gasteiger partial charge < -0.3 is 10.8 Å². The van der Waals surface area contributed by atoms with E-state index in [-0.39, 0.29) is 12.5 Å². The largest absolute Gasteiger partial charge is 0.481 e. The summed E-state index contributed by atoms with van der Waals surface area (Å²) in [5, 5.41) is 8.60. The lowest BCUT2D eigenvalue weighted by molar-refractivity contribution is -0.137. The van der Waals surface area contributed by atoms with Crippen LogP contribution in [0.4, 0.5) is 0 Å². The lowest BCUT2D eigenvalue weighted by Gasteiger charge is -2.14. The highest BCUT2D eigenvalue weighted by molar-refractivity contribution is 5.67. The van der Waals surface area contributed by atoms with Gasteiger partial charge in [-0.1, -0.05) is 45.4 Å². The zero-order chi connectivity index (χ0) is 12.7. The number of carbonyl (C=O) groups is 1. The molecule has 17 heavy (non-hydrogen) atoms. The molecule has 0 radical (unpaired) electrons. The summed E-state index contributed by atoms with van der Waals surface area (Å²) in [5.41, 5.74) is 5.74. The Morgan fingerprint density at radius 2 is 2.00 bits per heavy atom. The first-order chi connectivity index (χ1) is 8.08. The van der Waals surface area contributed by atoms with E-state index >= 15 is 0 Å². The number of carboxylic acids is 1. The summed E-state index contributed by atoms with van der Waals surface area (Å²) in [6.07, 6.45) is 10.3. The number of hydrogen-bond acceptors (Lipinski definition) is 2. The van der Waals surface area contributed by atoms with Crippen molar-refractivity contribution in [1.29, 1.82) is 0 Å². The van der Waals surface area contributed by atoms with E-state index in [4.69, 9.17) is 10.8 Å². The SMILES string of the molecule is CC(CCCCC1CC1)CCC(N)CC(=O)O. The van der Waals surface area contributed by atoms with Crippen molar-refractivity contribution in [3.8, 4) is 0 Å². The maximum Gasteiger partial charge on any atom is 0.304 e. The van der Waals surface area contributed by atoms with Gasteiger partial charge in [0.2, 0.25) is 0 Å². The monoisotopic (exact) mass is 241 g/mol. The van der Waals surface area contributed by atoms with Crippen LogP contribution in [-0.2, 0) is 4.79 Å². The smallest absolute Gasteiger partial charge is 0.304 e. The minimum Gasteiger partial charge on any atom is -0.481 e. The fraction of sp³-hybridized carbons (Fsp3) is 0.929. The molecular formula is C14H27NO2. The van der Waals surface area contributed by atoms with Gasteiger partial charge in [0.15, 0.2) is 0 Å². The zero-order valence-electron chi connectivity index (χ0n) is 11.0. The van der Waals surface area contributed by atoms with Gasteiger partial charge in [-0.2, -0.15) is 0 Å². The van der Waals surface area contributed by atoms with E-state index in [0.717, 1.165) is 18.8 Å². The van der Waals surface area contributed by atoms with Crippen LogP contribution in [0.3, 0.4) is 0 Å². The van der Waals surface area contributed by atoms with Gasteiger partial charge in [0.25, 0.3) is 0 Å². The molecule has 0 aromatic carbocycles. The van der Waals surface area contributed by atoms with Crippen molar-refractivity contribution < 1.29 is 9.90 Å². The van der Waals surface area contributed by atoms with Crippen molar-refractivity contribution >= 4 is 5.97 Å². The molecule has 3 N–H and O–H groups in total. The van der Waals surface area contributed by atoms with E-state index in [0.29, 0.717) is 5.92 Å². The zero-order valence-corrected chi connectivity index (χ0v) is 11.0. The Kier molecular flexibility index (Phi) is 6.56. The molecule has 1 fully saturated rings. The third kappa shape index (κ3) is 8.19. The van der Waals surface area contributed by atoms with Crippen LogP contribution < -0.4 is 5.73 Å². The van der Waals surface area contributed by atoms with Gasteiger partial charge in [0, 0.05) is 6.04 Å². The van der Waals surface area contributed by atoms with Gasteiger partial charge in [0.05, 0.1) is 6.42 Å². The van der Waals surface area contributed by atoms with Crippen molar-refractivity contribution in [1.82, 2.24) is 0 Å². The number of rotatable bonds is 10. The molecule has 0 aliphatic heterocycles. The predicted octanol–water partition coefficient (Wildman–Crippen LogP) is 3.18. The Labute approximate surface area is 105 Å². The average molecular weight is 241 g/mol. The van der Waals surface area contributed by atoms with Crippen LogP contribution in [0.1, 0.15) is 64.7 Å². The average Bonchev–Trinajstić information content (AvgIpc) is 3.04. The highest BCUT2D eigenvalue weighted by atomic mass is 16.4. The van der Waals surface area contributed by atoms with E-state index in [9.17, 15) is 4.79 Å². The van der Waals surface area contributed by atoms with E-state index in [2.05, 4.69) is 6.92 Å². The molecule has 0 aromatic rings. The third-order valence-corrected chi connectivity index (χ3v) is 3.72. The highest BCUT2D eigenvalue weighted by Gasteiger charge is 2.20. The lowest BCUT2D eigenvalue weighted by Crippen LogP contribution is -2.24. The summed E-state index contributed by atoms with van der Waals surface area (Å²) >= 11 is 0. The first-order valence-electron chi connectivity index (χ1n) is 7.05. The van der Waals surface area contributed by atoms with Gasteiger partial charge in [-0.25, -0.2) is 0 Å². The number of hydrogen-bond donors (Lipinski definition) is 2. The molecule has 0 heterocycles. The van der Waals surface area contributed by atoms with E-state index in [1.807, 2.05) is 0 Å². The molecule has 1 rings (SSSR count). The maximum absolute atomic E-state index is 10.5. The number of carboxylic acid groups (broad SMARTS) is 1. The fourth-order valence-electron chi connectivity index (χ4n) is 2.30. The van der Waals surface area contributed by atoms with Crippen molar-refractivity contribution in [2.45, 2.75) is 70.8 Å². The second-order valence-corrected chi connectivity index (χ2v) is 5.77. The van der Waals surface area contributed by atoms with Crippen LogP contribution in [0.5, 0.6) is 0 Å². The first kappa shape index (κ1) is 14.5. The topological polar surface area (TPSA) is 63.3 Å². The summed E-state index contributed by atoms with van der Waals surface area (Å²) in [5.74, 6) is 0.956. The van der Waals surface area contributed by atoms with Crippen LogP contribution in [-0.4, -0.2) is 17.1 Å². The standard InChI is InChI=1S/C14H27NO2/c1-11(4-2-3-5-12-7-8-12)6-9-13(15)10-14(16)17/h11-13H,2-10,15H2,1H3,(H,16,17). The molecule has 0 bridgehead atoms. The summed E-state index contributed by atoms with van der Waals surface area (Å²) in [4.78, 5) is 10.5. The molecular weight excluding hydrogens is 214 g/mol. The van der Waals surface area contributed by atoms with E-state index in [1.165, 1.54) is 38.5 Å². The molecule has 0 amide bonds. The van der Waals surface area contributed by atoms with Crippen LogP contribution in [0.15, 0.2) is 0 Å². The Balaban J connectivity index is 1.91. The lowest BCUT2D eigenvalue weighted by atomic mass is 9.95. The molecule has 0 spiro atoms. The van der Waals surface area contributed by atoms with Gasteiger partial charge in [0.1, 0.15) is 0 Å². The van der Waals surface area contributed by atoms with Gasteiger partial charge in [-0.15, -0.1) is 0 Å². The van der Waals surface area contributed by atoms with Crippen molar-refractivity contribution in [2.24, 2.45) is 17.6 Å². The summed E-state index contributed by atoms with van der Waals surface area (Å²) in [6.45, 7) is 2.25. The van der Waals surface area contributed by atoms with E-state index < -0.39 is 5.97 Å². The van der Waals surface area contributed by atoms with Gasteiger partial charge in [-0.05, 0) is 24.7 Å². The van der Waals surface area contributed by atoms with Crippen LogP contribution in [0, 0.1) is 11.8 Å². The van der Waals surface area contributed by atoms with Crippen LogP contribution >= 0.6 is 0 Å². The molecule has 3 heteroatoms. The molecule has 100 valence electrons. The van der Waals surface area contributed by atoms with E-state index in [1.54, 1.807) is 0 Å². The Morgan fingerprint density at radius 1 is 1.29 bits per heavy atom. The Hall–Kier alpha value is -0.570. The predicted molar refractivity (Wildman–Crippen MR) is 69.8 cm³/mol. The summed E-state index contributed by atoms with van der Waals surface area (Å²) < 4.78 is 0. The molecule has 2 unspecified atom stereocenters. The molecule has 1 saturated carbocycles. The Morgan fingerprint density at radius 3 is 2.59 bits per heavy atom. The van der Waals surface area contributed by atoms with Gasteiger partial charge in [-0.3, -0.25) is 4.79 Å². The van der Waals surface area contributed by atoms with Crippen LogP contribution in [0.25, 0.3) is 0 Å². The molecule has 0 aromatic heterocycles. The van der Waals surface area contributed by atoms with Crippen molar-refractivity contribution in [2.75, 3.05) is 0 Å². The van der Waals surface area contributed by atoms with Gasteiger partial charge >= 0.3 is 5.97 Å². The minimum absolute atomic E-state index is 0.106. The third-order valence-electron chi connectivity index (χ3n) is 3.72. The quantitative estimate of drug-likeness (QED) is 0.577. The summed E-state index contributed by atoms with van der Waals surface area (Å²) in [7, 11) is 0. The summed E-state index contributed by atoms with van der Waals surface area (Å²) in [6, 6.07) is -0.165. The maximum atomic E-state index is 10.5. The molecule has 2 atom stereocenters. The molecule has 1 aliphatic rings. The fourth-order valence-corrected chi connectivity index (χ4v) is 2.30. The van der Waals surface area contributed by atoms with Crippen molar-refractivity contribution in [3.05, 3.63) is 0 Å². The normalized spacial score (nSPS) is 18.9. The molecule has 0 saturated heterocycles. The highest BCUT2D eigenvalue weighted by Crippen LogP contribution is 2.34.